The van der Waals surface area contributed by atoms with Gasteiger partial charge in [0.15, 0.2) is 0 Å². The van der Waals surface area contributed by atoms with Crippen molar-refractivity contribution in [2.75, 3.05) is 5.32 Å². The Morgan fingerprint density at radius 1 is 1.44 bits per heavy atom. The van der Waals surface area contributed by atoms with Gasteiger partial charge in [0.05, 0.1) is 29.1 Å². The fraction of sp³-hybridized carbons (Fsp3) is 0.273. The number of aromatic nitrogens is 3. The van der Waals surface area contributed by atoms with Crippen LogP contribution in [0.15, 0.2) is 24.4 Å². The summed E-state index contributed by atoms with van der Waals surface area (Å²) in [5.41, 5.74) is 3.12. The quantitative estimate of drug-likeness (QED) is 0.890. The summed E-state index contributed by atoms with van der Waals surface area (Å²) in [7, 11) is 1.86. The van der Waals surface area contributed by atoms with E-state index in [9.17, 15) is 0 Å². The number of rotatable bonds is 3. The number of hydrogen-bond donors (Lipinski definition) is 1. The van der Waals surface area contributed by atoms with Gasteiger partial charge in [0, 0.05) is 7.05 Å². The van der Waals surface area contributed by atoms with Gasteiger partial charge >= 0.3 is 0 Å². The molecule has 0 saturated heterocycles. The minimum absolute atomic E-state index is 0.659. The van der Waals surface area contributed by atoms with E-state index in [2.05, 4.69) is 15.6 Å². The summed E-state index contributed by atoms with van der Waals surface area (Å²) in [4.78, 5) is 0. The third-order valence-electron chi connectivity index (χ3n) is 2.39. The first kappa shape index (κ1) is 11.0. The number of nitrogens with zero attached hydrogens (tertiary/aromatic N) is 3. The van der Waals surface area contributed by atoms with E-state index in [4.69, 9.17) is 11.6 Å². The summed E-state index contributed by atoms with van der Waals surface area (Å²) < 4.78 is 1.73. The Bertz CT molecular complexity index is 492. The lowest BCUT2D eigenvalue weighted by atomic mass is 10.2. The van der Waals surface area contributed by atoms with Crippen LogP contribution in [-0.4, -0.2) is 15.0 Å². The van der Waals surface area contributed by atoms with Gasteiger partial charge in [-0.25, -0.2) is 0 Å². The minimum atomic E-state index is 0.659. The van der Waals surface area contributed by atoms with Crippen LogP contribution >= 0.6 is 11.6 Å². The van der Waals surface area contributed by atoms with E-state index in [1.807, 2.05) is 32.2 Å². The average molecular weight is 237 g/mol. The normalized spacial score (nSPS) is 10.4. The molecule has 1 aromatic carbocycles. The molecule has 0 aliphatic carbocycles. The van der Waals surface area contributed by atoms with Crippen molar-refractivity contribution < 1.29 is 0 Å². The monoisotopic (exact) mass is 236 g/mol. The van der Waals surface area contributed by atoms with Gasteiger partial charge in [0.2, 0.25) is 0 Å². The Balaban J connectivity index is 2.10. The third kappa shape index (κ3) is 2.33. The molecule has 5 heteroatoms. The second-order valence-corrected chi connectivity index (χ2v) is 4.09. The van der Waals surface area contributed by atoms with E-state index in [0.29, 0.717) is 6.54 Å². The van der Waals surface area contributed by atoms with Crippen LogP contribution in [0.5, 0.6) is 0 Å². The molecular weight excluding hydrogens is 224 g/mol. The fourth-order valence-electron chi connectivity index (χ4n) is 1.43. The second kappa shape index (κ2) is 4.53. The largest absolute Gasteiger partial charge is 0.378 e. The Labute approximate surface area is 99.2 Å². The van der Waals surface area contributed by atoms with Gasteiger partial charge in [-0.05, 0) is 24.6 Å². The highest BCUT2D eigenvalue weighted by Gasteiger charge is 2.02. The SMILES string of the molecule is Cc1ccc(Cl)c(NCc2cnnn2C)c1. The van der Waals surface area contributed by atoms with Gasteiger partial charge < -0.3 is 5.32 Å². The van der Waals surface area contributed by atoms with Gasteiger partial charge in [-0.15, -0.1) is 5.10 Å². The van der Waals surface area contributed by atoms with Gasteiger partial charge in [-0.2, -0.15) is 0 Å². The smallest absolute Gasteiger partial charge is 0.0774 e. The molecule has 0 spiro atoms. The van der Waals surface area contributed by atoms with E-state index >= 15 is 0 Å². The Morgan fingerprint density at radius 3 is 2.94 bits per heavy atom. The van der Waals surface area contributed by atoms with Gasteiger partial charge in [0.25, 0.3) is 0 Å². The summed E-state index contributed by atoms with van der Waals surface area (Å²) >= 11 is 6.08. The minimum Gasteiger partial charge on any atom is -0.378 e. The number of benzene rings is 1. The summed E-state index contributed by atoms with van der Waals surface area (Å²) in [5.74, 6) is 0. The first-order chi connectivity index (χ1) is 7.66. The number of halogens is 1. The lowest BCUT2D eigenvalue weighted by molar-refractivity contribution is 0.683. The molecule has 2 aromatic rings. The lowest BCUT2D eigenvalue weighted by Crippen LogP contribution is -2.05. The topological polar surface area (TPSA) is 42.7 Å². The Kier molecular flexibility index (Phi) is 3.10. The molecule has 0 bridgehead atoms. The number of hydrogen-bond acceptors (Lipinski definition) is 3. The molecule has 84 valence electrons. The maximum absolute atomic E-state index is 6.08. The van der Waals surface area contributed by atoms with Crippen molar-refractivity contribution >= 4 is 17.3 Å². The maximum atomic E-state index is 6.08. The molecule has 2 rings (SSSR count). The molecule has 0 aliphatic heterocycles. The standard InChI is InChI=1S/C11H13ClN4/c1-8-3-4-10(12)11(5-8)13-6-9-7-14-15-16(9)2/h3-5,7,13H,6H2,1-2H3. The highest BCUT2D eigenvalue weighted by Crippen LogP contribution is 2.23. The van der Waals surface area contributed by atoms with Crippen LogP contribution in [0.25, 0.3) is 0 Å². The Hall–Kier alpha value is -1.55. The molecule has 0 atom stereocenters. The van der Waals surface area contributed by atoms with Gasteiger partial charge in [-0.1, -0.05) is 22.9 Å². The van der Waals surface area contributed by atoms with Crippen LogP contribution in [0.1, 0.15) is 11.3 Å². The molecule has 0 radical (unpaired) electrons. The van der Waals surface area contributed by atoms with Crippen LogP contribution < -0.4 is 5.32 Å². The van der Waals surface area contributed by atoms with Gasteiger partial charge in [-0.3, -0.25) is 4.68 Å². The average Bonchev–Trinajstić information content (AvgIpc) is 2.66. The number of anilines is 1. The lowest BCUT2D eigenvalue weighted by Gasteiger charge is -2.08. The molecule has 1 aromatic heterocycles. The molecule has 0 saturated carbocycles. The van der Waals surface area contributed by atoms with E-state index in [1.165, 1.54) is 5.56 Å². The van der Waals surface area contributed by atoms with Crippen molar-refractivity contribution in [1.29, 1.82) is 0 Å². The van der Waals surface area contributed by atoms with Crippen LogP contribution in [0.2, 0.25) is 5.02 Å². The van der Waals surface area contributed by atoms with Crippen molar-refractivity contribution in [3.63, 3.8) is 0 Å². The summed E-state index contributed by atoms with van der Waals surface area (Å²) in [5, 5.41) is 11.7. The van der Waals surface area contributed by atoms with Crippen molar-refractivity contribution in [3.05, 3.63) is 40.7 Å². The van der Waals surface area contributed by atoms with Crippen LogP contribution in [0, 0.1) is 6.92 Å². The molecule has 1 N–H and O–H groups in total. The zero-order valence-corrected chi connectivity index (χ0v) is 9.99. The first-order valence-corrected chi connectivity index (χ1v) is 5.38. The van der Waals surface area contributed by atoms with E-state index in [0.717, 1.165) is 16.4 Å². The molecule has 0 amide bonds. The zero-order chi connectivity index (χ0) is 11.5. The fourth-order valence-corrected chi connectivity index (χ4v) is 1.62. The maximum Gasteiger partial charge on any atom is 0.0774 e. The predicted octanol–water partition coefficient (Wildman–Crippen LogP) is 2.39. The summed E-state index contributed by atoms with van der Waals surface area (Å²) in [6, 6.07) is 5.89. The van der Waals surface area contributed by atoms with Crippen molar-refractivity contribution in [2.45, 2.75) is 13.5 Å². The highest BCUT2D eigenvalue weighted by molar-refractivity contribution is 6.33. The molecular formula is C11H13ClN4. The second-order valence-electron chi connectivity index (χ2n) is 3.69. The van der Waals surface area contributed by atoms with E-state index < -0.39 is 0 Å². The summed E-state index contributed by atoms with van der Waals surface area (Å²) in [6.45, 7) is 2.69. The molecule has 16 heavy (non-hydrogen) atoms. The van der Waals surface area contributed by atoms with E-state index in [1.54, 1.807) is 10.9 Å². The molecule has 0 unspecified atom stereocenters. The van der Waals surface area contributed by atoms with Crippen LogP contribution in [0.4, 0.5) is 5.69 Å². The van der Waals surface area contributed by atoms with Gasteiger partial charge in [0.1, 0.15) is 0 Å². The molecule has 4 nitrogen and oxygen atoms in total. The molecule has 0 aliphatic rings. The number of aryl methyl sites for hydroxylation is 2. The van der Waals surface area contributed by atoms with Crippen molar-refractivity contribution in [1.82, 2.24) is 15.0 Å². The van der Waals surface area contributed by atoms with Crippen LogP contribution in [0.3, 0.4) is 0 Å². The zero-order valence-electron chi connectivity index (χ0n) is 9.24. The van der Waals surface area contributed by atoms with Crippen molar-refractivity contribution in [2.24, 2.45) is 7.05 Å². The third-order valence-corrected chi connectivity index (χ3v) is 2.72. The van der Waals surface area contributed by atoms with E-state index in [-0.39, 0.29) is 0 Å². The van der Waals surface area contributed by atoms with Crippen molar-refractivity contribution in [3.8, 4) is 0 Å². The summed E-state index contributed by atoms with van der Waals surface area (Å²) in [6.07, 6.45) is 1.73. The Morgan fingerprint density at radius 2 is 2.25 bits per heavy atom. The van der Waals surface area contributed by atoms with Crippen LogP contribution in [-0.2, 0) is 13.6 Å². The molecule has 1 heterocycles. The molecule has 0 fully saturated rings. The number of nitrogens with one attached hydrogen (secondary N) is 1. The predicted molar refractivity (Wildman–Crippen MR) is 64.5 cm³/mol. The highest BCUT2D eigenvalue weighted by atomic mass is 35.5. The first-order valence-electron chi connectivity index (χ1n) is 5.00.